The van der Waals surface area contributed by atoms with Crippen molar-refractivity contribution in [1.29, 1.82) is 0 Å². The smallest absolute Gasteiger partial charge is 0.316 e. The quantitative estimate of drug-likeness (QED) is 0.653. The van der Waals surface area contributed by atoms with Crippen molar-refractivity contribution in [2.45, 2.75) is 25.2 Å². The van der Waals surface area contributed by atoms with E-state index in [2.05, 4.69) is 32.4 Å². The third kappa shape index (κ3) is 4.49. The summed E-state index contributed by atoms with van der Waals surface area (Å²) in [5, 5.41) is 28.9. The fourth-order valence-corrected chi connectivity index (χ4v) is 2.23. The van der Waals surface area contributed by atoms with Crippen molar-refractivity contribution in [2.24, 2.45) is 0 Å². The lowest BCUT2D eigenvalue weighted by Crippen LogP contribution is -2.35. The van der Waals surface area contributed by atoms with Crippen LogP contribution < -0.4 is 0 Å². The minimum atomic E-state index is -3.57. The van der Waals surface area contributed by atoms with Crippen LogP contribution in [0, 0.1) is 11.8 Å². The summed E-state index contributed by atoms with van der Waals surface area (Å²) in [6.07, 6.45) is 0.330. The number of pyridine rings is 1. The maximum atomic E-state index is 14.3. The van der Waals surface area contributed by atoms with E-state index in [0.29, 0.717) is 5.56 Å². The van der Waals surface area contributed by atoms with Gasteiger partial charge in [0.2, 0.25) is 0 Å². The molecule has 1 atom stereocenters. The average molecular weight is 371 g/mol. The van der Waals surface area contributed by atoms with Gasteiger partial charge in [0.1, 0.15) is 18.1 Å². The van der Waals surface area contributed by atoms with Gasteiger partial charge in [0, 0.05) is 17.3 Å². The van der Waals surface area contributed by atoms with E-state index in [4.69, 9.17) is 5.11 Å². The monoisotopic (exact) mass is 371 g/mol. The topological polar surface area (TPSA) is 97.0 Å². The van der Waals surface area contributed by atoms with Gasteiger partial charge in [-0.15, -0.1) is 5.10 Å². The van der Waals surface area contributed by atoms with Crippen molar-refractivity contribution >= 4 is 0 Å². The van der Waals surface area contributed by atoms with Gasteiger partial charge >= 0.3 is 5.92 Å². The fourth-order valence-electron chi connectivity index (χ4n) is 2.23. The minimum absolute atomic E-state index is 0.0490. The summed E-state index contributed by atoms with van der Waals surface area (Å²) in [7, 11) is 0. The number of aromatic nitrogens is 5. The van der Waals surface area contributed by atoms with E-state index in [9.17, 15) is 13.9 Å². The summed E-state index contributed by atoms with van der Waals surface area (Å²) in [6.45, 7) is -0.514. The number of alkyl halides is 2. The van der Waals surface area contributed by atoms with Gasteiger partial charge in [-0.1, -0.05) is 24.0 Å². The molecule has 7 nitrogen and oxygen atoms in total. The first-order valence-electron chi connectivity index (χ1n) is 7.94. The van der Waals surface area contributed by atoms with Crippen molar-refractivity contribution in [3.8, 4) is 11.8 Å². The molecule has 2 heterocycles. The predicted octanol–water partition coefficient (Wildman–Crippen LogP) is 1.11. The molecule has 2 aromatic heterocycles. The van der Waals surface area contributed by atoms with Gasteiger partial charge in [0.05, 0.1) is 13.2 Å². The van der Waals surface area contributed by atoms with Gasteiger partial charge in [0.25, 0.3) is 0 Å². The van der Waals surface area contributed by atoms with Gasteiger partial charge in [-0.25, -0.2) is 4.68 Å². The molecule has 0 aliphatic carbocycles. The van der Waals surface area contributed by atoms with E-state index < -0.39 is 24.3 Å². The van der Waals surface area contributed by atoms with Gasteiger partial charge in [-0.05, 0) is 40.3 Å². The molecule has 1 unspecified atom stereocenters. The van der Waals surface area contributed by atoms with E-state index in [-0.39, 0.29) is 6.61 Å². The van der Waals surface area contributed by atoms with Crippen molar-refractivity contribution < 1.29 is 19.0 Å². The Balaban J connectivity index is 1.71. The molecule has 0 spiro atoms. The number of nitrogens with zero attached hydrogens (tertiary/aromatic N) is 5. The number of rotatable bonds is 5. The van der Waals surface area contributed by atoms with E-state index in [1.54, 1.807) is 24.3 Å². The Morgan fingerprint density at radius 3 is 2.37 bits per heavy atom. The first-order chi connectivity index (χ1) is 13.0. The van der Waals surface area contributed by atoms with Crippen molar-refractivity contribution in [3.05, 3.63) is 71.3 Å². The van der Waals surface area contributed by atoms with Gasteiger partial charge in [-0.3, -0.25) is 4.98 Å². The van der Waals surface area contributed by atoms with Crippen LogP contribution in [0.15, 0.2) is 48.9 Å². The number of tetrazole rings is 1. The molecule has 1 aromatic carbocycles. The van der Waals surface area contributed by atoms with Crippen molar-refractivity contribution in [1.82, 2.24) is 25.2 Å². The number of aliphatic hydroxyl groups is 2. The molecule has 3 rings (SSSR count). The molecule has 0 bridgehead atoms. The summed E-state index contributed by atoms with van der Waals surface area (Å²) in [4.78, 5) is 3.73. The summed E-state index contributed by atoms with van der Waals surface area (Å²) in [6, 6.07) is 9.54. The van der Waals surface area contributed by atoms with E-state index in [1.165, 1.54) is 12.3 Å². The highest BCUT2D eigenvalue weighted by Gasteiger charge is 2.42. The zero-order valence-corrected chi connectivity index (χ0v) is 14.0. The van der Waals surface area contributed by atoms with E-state index in [1.807, 2.05) is 0 Å². The number of halogens is 2. The first kappa shape index (κ1) is 18.6. The Kier molecular flexibility index (Phi) is 5.49. The third-order valence-corrected chi connectivity index (χ3v) is 3.76. The number of hydrogen-bond donors (Lipinski definition) is 2. The Hall–Kier alpha value is -3.22. The van der Waals surface area contributed by atoms with E-state index >= 15 is 0 Å². The van der Waals surface area contributed by atoms with Crippen LogP contribution in [0.1, 0.15) is 22.4 Å². The largest absolute Gasteiger partial charge is 0.392 e. The molecule has 27 heavy (non-hydrogen) atoms. The average Bonchev–Trinajstić information content (AvgIpc) is 3.20. The van der Waals surface area contributed by atoms with Gasteiger partial charge in [-0.2, -0.15) is 8.78 Å². The van der Waals surface area contributed by atoms with Crippen LogP contribution in [0.3, 0.4) is 0 Å². The van der Waals surface area contributed by atoms with E-state index in [0.717, 1.165) is 28.2 Å². The third-order valence-electron chi connectivity index (χ3n) is 3.76. The van der Waals surface area contributed by atoms with Gasteiger partial charge < -0.3 is 10.2 Å². The maximum absolute atomic E-state index is 14.3. The Morgan fingerprint density at radius 1 is 1.07 bits per heavy atom. The lowest BCUT2D eigenvalue weighted by Gasteiger charge is -2.21. The second kappa shape index (κ2) is 7.99. The predicted molar refractivity (Wildman–Crippen MR) is 90.3 cm³/mol. The van der Waals surface area contributed by atoms with Crippen molar-refractivity contribution in [3.63, 3.8) is 0 Å². The molecule has 0 fully saturated rings. The molecule has 3 aromatic rings. The minimum Gasteiger partial charge on any atom is -0.392 e. The van der Waals surface area contributed by atoms with Crippen LogP contribution in [0.25, 0.3) is 0 Å². The number of hydrogen-bond acceptors (Lipinski definition) is 6. The SMILES string of the molecule is OCc1ccc(C#Cc2ccc(C(F)(F)C(O)Cn3cnnn3)nc2)cc1. The summed E-state index contributed by atoms with van der Waals surface area (Å²) in [5.74, 6) is 2.15. The number of benzene rings is 1. The van der Waals surface area contributed by atoms with Crippen LogP contribution in [0.5, 0.6) is 0 Å². The molecule has 138 valence electrons. The Morgan fingerprint density at radius 2 is 1.78 bits per heavy atom. The molecule has 9 heteroatoms. The second-order valence-corrected chi connectivity index (χ2v) is 5.71. The summed E-state index contributed by atoms with van der Waals surface area (Å²) >= 11 is 0. The lowest BCUT2D eigenvalue weighted by atomic mass is 10.1. The Bertz CT molecular complexity index is 933. The molecule has 0 amide bonds. The highest BCUT2D eigenvalue weighted by Crippen LogP contribution is 2.31. The molecule has 0 aliphatic rings. The van der Waals surface area contributed by atoms with Crippen LogP contribution >= 0.6 is 0 Å². The highest BCUT2D eigenvalue weighted by atomic mass is 19.3. The summed E-state index contributed by atoms with van der Waals surface area (Å²) in [5.41, 5.74) is 1.38. The van der Waals surface area contributed by atoms with Gasteiger partial charge in [0.15, 0.2) is 0 Å². The number of aliphatic hydroxyl groups excluding tert-OH is 2. The lowest BCUT2D eigenvalue weighted by molar-refractivity contribution is -0.124. The molecule has 0 saturated heterocycles. The van der Waals surface area contributed by atoms with Crippen LogP contribution in [0.2, 0.25) is 0 Å². The molecule has 0 aliphatic heterocycles. The maximum Gasteiger partial charge on any atom is 0.316 e. The fraction of sp³-hybridized carbons (Fsp3) is 0.222. The van der Waals surface area contributed by atoms with Crippen LogP contribution in [0.4, 0.5) is 8.78 Å². The van der Waals surface area contributed by atoms with Crippen molar-refractivity contribution in [2.75, 3.05) is 0 Å². The zero-order chi connectivity index (χ0) is 19.3. The highest BCUT2D eigenvalue weighted by molar-refractivity contribution is 5.42. The molecular formula is C18H15F2N5O2. The normalized spacial score (nSPS) is 12.3. The molecule has 0 radical (unpaired) electrons. The molecule has 0 saturated carbocycles. The molecule has 2 N–H and O–H groups in total. The molecular weight excluding hydrogens is 356 g/mol. The Labute approximate surface area is 153 Å². The summed E-state index contributed by atoms with van der Waals surface area (Å²) < 4.78 is 29.7. The first-order valence-corrected chi connectivity index (χ1v) is 7.94. The zero-order valence-electron chi connectivity index (χ0n) is 14.0. The van der Waals surface area contributed by atoms with Crippen LogP contribution in [-0.2, 0) is 19.1 Å². The van der Waals surface area contributed by atoms with Crippen LogP contribution in [-0.4, -0.2) is 41.5 Å². The second-order valence-electron chi connectivity index (χ2n) is 5.71. The standard InChI is InChI=1S/C18H15F2N5O2/c19-18(20,17(27)10-25-12-22-23-24-25)16-8-7-14(9-21-16)4-1-13-2-5-15(11-26)6-3-13/h2-3,5-9,12,17,26-27H,10-11H2.